The number of aromatic nitrogens is 1. The lowest BCUT2D eigenvalue weighted by atomic mass is 10.2. The summed E-state index contributed by atoms with van der Waals surface area (Å²) in [5.41, 5.74) is 4.13. The van der Waals surface area contributed by atoms with Gasteiger partial charge in [0.05, 0.1) is 12.9 Å². The molecule has 0 aliphatic rings. The maximum Gasteiger partial charge on any atom is 0.234 e. The summed E-state index contributed by atoms with van der Waals surface area (Å²) in [7, 11) is 1.63. The van der Waals surface area contributed by atoms with Crippen LogP contribution in [0.1, 0.15) is 5.56 Å². The van der Waals surface area contributed by atoms with E-state index < -0.39 is 0 Å². The highest BCUT2D eigenvalue weighted by Gasteiger charge is 2.10. The number of amides is 1. The quantitative estimate of drug-likeness (QED) is 0.427. The largest absolute Gasteiger partial charge is 0.497 e. The molecule has 0 saturated heterocycles. The van der Waals surface area contributed by atoms with Gasteiger partial charge in [0.1, 0.15) is 11.3 Å². The van der Waals surface area contributed by atoms with E-state index in [-0.39, 0.29) is 5.91 Å². The molecule has 1 aromatic heterocycles. The first-order chi connectivity index (χ1) is 14.1. The van der Waals surface area contributed by atoms with Crippen molar-refractivity contribution in [1.82, 2.24) is 4.98 Å². The van der Waals surface area contributed by atoms with E-state index in [0.717, 1.165) is 16.2 Å². The monoisotopic (exact) mass is 404 g/mol. The molecular formula is C23H20N2O3S. The van der Waals surface area contributed by atoms with Crippen molar-refractivity contribution in [2.75, 3.05) is 18.2 Å². The number of benzene rings is 3. The average molecular weight is 404 g/mol. The van der Waals surface area contributed by atoms with Gasteiger partial charge < -0.3 is 14.5 Å². The van der Waals surface area contributed by atoms with Crippen LogP contribution in [0.4, 0.5) is 5.69 Å². The standard InChI is InChI=1S/C23H20N2O3S/c1-15-3-10-19(11-4-15)29-14-22(26)24-17-7-12-21-20(13-17)25-23(28-21)16-5-8-18(27-2)9-6-16/h3-13H,14H2,1-2H3,(H,24,26). The number of ether oxygens (including phenoxy) is 1. The second kappa shape index (κ2) is 8.41. The molecule has 0 fully saturated rings. The maximum atomic E-state index is 12.3. The molecule has 4 rings (SSSR count). The van der Waals surface area contributed by atoms with Gasteiger partial charge in [-0.1, -0.05) is 17.7 Å². The van der Waals surface area contributed by atoms with Gasteiger partial charge in [-0.25, -0.2) is 4.98 Å². The molecule has 3 aromatic carbocycles. The lowest BCUT2D eigenvalue weighted by Crippen LogP contribution is -2.13. The molecule has 4 aromatic rings. The Morgan fingerprint density at radius 3 is 2.55 bits per heavy atom. The molecule has 0 bridgehead atoms. The Bertz CT molecular complexity index is 1140. The Hall–Kier alpha value is -3.25. The molecule has 0 saturated carbocycles. The second-order valence-corrected chi connectivity index (χ2v) is 7.63. The van der Waals surface area contributed by atoms with E-state index in [1.165, 1.54) is 17.3 Å². The van der Waals surface area contributed by atoms with Gasteiger partial charge in [0.2, 0.25) is 11.8 Å². The van der Waals surface area contributed by atoms with Crippen LogP contribution in [0.5, 0.6) is 5.75 Å². The Balaban J connectivity index is 1.44. The zero-order valence-electron chi connectivity index (χ0n) is 16.1. The minimum Gasteiger partial charge on any atom is -0.497 e. The van der Waals surface area contributed by atoms with Crippen molar-refractivity contribution in [3.05, 3.63) is 72.3 Å². The number of methoxy groups -OCH3 is 1. The fourth-order valence-electron chi connectivity index (χ4n) is 2.84. The number of nitrogens with one attached hydrogen (secondary N) is 1. The lowest BCUT2D eigenvalue weighted by Gasteiger charge is -2.05. The van der Waals surface area contributed by atoms with Gasteiger partial charge in [-0.15, -0.1) is 11.8 Å². The number of rotatable bonds is 6. The minimum absolute atomic E-state index is 0.0613. The fraction of sp³-hybridized carbons (Fsp3) is 0.130. The van der Waals surface area contributed by atoms with Gasteiger partial charge >= 0.3 is 0 Å². The highest BCUT2D eigenvalue weighted by molar-refractivity contribution is 8.00. The molecule has 146 valence electrons. The molecule has 5 nitrogen and oxygen atoms in total. The summed E-state index contributed by atoms with van der Waals surface area (Å²) in [5, 5.41) is 2.92. The van der Waals surface area contributed by atoms with Crippen LogP contribution < -0.4 is 10.1 Å². The molecule has 0 radical (unpaired) electrons. The number of thioether (sulfide) groups is 1. The van der Waals surface area contributed by atoms with E-state index >= 15 is 0 Å². The number of fused-ring (bicyclic) bond motifs is 1. The van der Waals surface area contributed by atoms with Crippen LogP contribution >= 0.6 is 11.8 Å². The van der Waals surface area contributed by atoms with E-state index in [9.17, 15) is 4.79 Å². The van der Waals surface area contributed by atoms with Crippen molar-refractivity contribution < 1.29 is 13.9 Å². The zero-order chi connectivity index (χ0) is 20.2. The first-order valence-corrected chi connectivity index (χ1v) is 10.1. The first kappa shape index (κ1) is 19.1. The van der Waals surface area contributed by atoms with Gasteiger partial charge in [0.15, 0.2) is 5.58 Å². The van der Waals surface area contributed by atoms with Gasteiger partial charge in [-0.2, -0.15) is 0 Å². The van der Waals surface area contributed by atoms with Crippen LogP contribution in [0.15, 0.2) is 76.0 Å². The molecule has 1 amide bonds. The molecule has 6 heteroatoms. The van der Waals surface area contributed by atoms with Crippen molar-refractivity contribution in [3.8, 4) is 17.2 Å². The van der Waals surface area contributed by atoms with E-state index in [4.69, 9.17) is 9.15 Å². The van der Waals surface area contributed by atoms with Crippen molar-refractivity contribution in [2.45, 2.75) is 11.8 Å². The Morgan fingerprint density at radius 2 is 1.83 bits per heavy atom. The summed E-state index contributed by atoms with van der Waals surface area (Å²) in [6.45, 7) is 2.04. The van der Waals surface area contributed by atoms with E-state index in [1.807, 2.05) is 73.7 Å². The molecule has 0 aliphatic heterocycles. The van der Waals surface area contributed by atoms with E-state index in [0.29, 0.717) is 28.4 Å². The van der Waals surface area contributed by atoms with E-state index in [1.54, 1.807) is 7.11 Å². The third-order valence-corrected chi connectivity index (χ3v) is 5.41. The summed E-state index contributed by atoms with van der Waals surface area (Å²) in [6, 6.07) is 21.1. The number of hydrogen-bond acceptors (Lipinski definition) is 5. The number of nitrogens with zero attached hydrogens (tertiary/aromatic N) is 1. The Labute approximate surface area is 173 Å². The zero-order valence-corrected chi connectivity index (χ0v) is 17.0. The SMILES string of the molecule is COc1ccc(-c2nc3cc(NC(=O)CSc4ccc(C)cc4)ccc3o2)cc1. The third-order valence-electron chi connectivity index (χ3n) is 4.40. The normalized spacial score (nSPS) is 10.8. The van der Waals surface area contributed by atoms with Crippen molar-refractivity contribution in [1.29, 1.82) is 0 Å². The Morgan fingerprint density at radius 1 is 1.07 bits per heavy atom. The summed E-state index contributed by atoms with van der Waals surface area (Å²) in [4.78, 5) is 17.9. The molecule has 0 unspecified atom stereocenters. The molecule has 0 atom stereocenters. The molecule has 1 N–H and O–H groups in total. The molecule has 0 aliphatic carbocycles. The third kappa shape index (κ3) is 4.60. The van der Waals surface area contributed by atoms with Crippen LogP contribution in [-0.4, -0.2) is 23.8 Å². The first-order valence-electron chi connectivity index (χ1n) is 9.15. The Kier molecular flexibility index (Phi) is 5.53. The predicted molar refractivity (Wildman–Crippen MR) is 117 cm³/mol. The summed E-state index contributed by atoms with van der Waals surface area (Å²) >= 11 is 1.51. The van der Waals surface area contributed by atoms with Crippen LogP contribution in [0.3, 0.4) is 0 Å². The second-order valence-electron chi connectivity index (χ2n) is 6.58. The van der Waals surface area contributed by atoms with Gasteiger partial charge in [-0.05, 0) is 61.5 Å². The predicted octanol–water partition coefficient (Wildman–Crippen LogP) is 5.54. The highest BCUT2D eigenvalue weighted by atomic mass is 32.2. The minimum atomic E-state index is -0.0613. The van der Waals surface area contributed by atoms with Crippen LogP contribution in [-0.2, 0) is 4.79 Å². The lowest BCUT2D eigenvalue weighted by molar-refractivity contribution is -0.113. The van der Waals surface area contributed by atoms with Crippen LogP contribution in [0.25, 0.3) is 22.6 Å². The average Bonchev–Trinajstić information content (AvgIpc) is 3.17. The van der Waals surface area contributed by atoms with Gasteiger partial charge in [0.25, 0.3) is 0 Å². The van der Waals surface area contributed by atoms with Crippen molar-refractivity contribution in [2.24, 2.45) is 0 Å². The fourth-order valence-corrected chi connectivity index (χ4v) is 3.54. The van der Waals surface area contributed by atoms with Gasteiger partial charge in [-0.3, -0.25) is 4.79 Å². The van der Waals surface area contributed by atoms with E-state index in [2.05, 4.69) is 10.3 Å². The highest BCUT2D eigenvalue weighted by Crippen LogP contribution is 2.27. The number of oxazole rings is 1. The topological polar surface area (TPSA) is 64.4 Å². The summed E-state index contributed by atoms with van der Waals surface area (Å²) in [6.07, 6.45) is 0. The number of hydrogen-bond donors (Lipinski definition) is 1. The van der Waals surface area contributed by atoms with Crippen molar-refractivity contribution >= 4 is 34.5 Å². The molecule has 1 heterocycles. The number of carbonyl (C=O) groups is 1. The summed E-state index contributed by atoms with van der Waals surface area (Å²) < 4.78 is 11.0. The number of carbonyl (C=O) groups excluding carboxylic acids is 1. The van der Waals surface area contributed by atoms with Crippen molar-refractivity contribution in [3.63, 3.8) is 0 Å². The van der Waals surface area contributed by atoms with Crippen LogP contribution in [0, 0.1) is 6.92 Å². The molecule has 29 heavy (non-hydrogen) atoms. The molecular weight excluding hydrogens is 384 g/mol. The summed E-state index contributed by atoms with van der Waals surface area (Å²) in [5.74, 6) is 1.59. The number of aryl methyl sites for hydroxylation is 1. The maximum absolute atomic E-state index is 12.3. The smallest absolute Gasteiger partial charge is 0.234 e. The van der Waals surface area contributed by atoms with Crippen LogP contribution in [0.2, 0.25) is 0 Å². The van der Waals surface area contributed by atoms with Gasteiger partial charge in [0, 0.05) is 16.1 Å². The molecule has 0 spiro atoms. The number of anilines is 1.